The highest BCUT2D eigenvalue weighted by molar-refractivity contribution is 7.10. The Morgan fingerprint density at radius 1 is 0.943 bits per heavy atom. The van der Waals surface area contributed by atoms with E-state index in [1.54, 1.807) is 16.2 Å². The van der Waals surface area contributed by atoms with Crippen molar-refractivity contribution in [2.24, 2.45) is 0 Å². The van der Waals surface area contributed by atoms with Crippen molar-refractivity contribution in [1.29, 1.82) is 0 Å². The van der Waals surface area contributed by atoms with Crippen LogP contribution in [0.4, 0.5) is 0 Å². The fraction of sp³-hybridized carbons (Fsp3) is 0.357. The highest BCUT2D eigenvalue weighted by Crippen LogP contribution is 2.33. The predicted molar refractivity (Wildman–Crippen MR) is 138 cm³/mol. The lowest BCUT2D eigenvalue weighted by molar-refractivity contribution is -0.133. The van der Waals surface area contributed by atoms with Crippen LogP contribution >= 0.6 is 11.3 Å². The van der Waals surface area contributed by atoms with Gasteiger partial charge in [-0.3, -0.25) is 9.59 Å². The lowest BCUT2D eigenvalue weighted by atomic mass is 10.1. The van der Waals surface area contributed by atoms with E-state index in [1.807, 2.05) is 59.7 Å². The van der Waals surface area contributed by atoms with Gasteiger partial charge in [-0.15, -0.1) is 11.3 Å². The zero-order valence-corrected chi connectivity index (χ0v) is 21.4. The fourth-order valence-corrected chi connectivity index (χ4v) is 4.90. The first-order chi connectivity index (χ1) is 16.9. The van der Waals surface area contributed by atoms with Crippen molar-refractivity contribution < 1.29 is 19.1 Å². The van der Waals surface area contributed by atoms with E-state index < -0.39 is 0 Å². The molecule has 35 heavy (non-hydrogen) atoms. The van der Waals surface area contributed by atoms with Crippen LogP contribution in [0.2, 0.25) is 0 Å². The van der Waals surface area contributed by atoms with E-state index in [0.717, 1.165) is 40.2 Å². The highest BCUT2D eigenvalue weighted by atomic mass is 32.1. The van der Waals surface area contributed by atoms with Crippen LogP contribution in [0.3, 0.4) is 0 Å². The van der Waals surface area contributed by atoms with Crippen molar-refractivity contribution in [3.8, 4) is 11.5 Å². The third-order valence-corrected chi connectivity index (χ3v) is 7.17. The first kappa shape index (κ1) is 24.8. The maximum Gasteiger partial charge on any atom is 0.254 e. The van der Waals surface area contributed by atoms with Crippen molar-refractivity contribution in [1.82, 2.24) is 9.80 Å². The number of unbranched alkanes of at least 4 members (excludes halogenated alkanes) is 1. The molecule has 2 heterocycles. The largest absolute Gasteiger partial charge is 0.454 e. The van der Waals surface area contributed by atoms with E-state index in [2.05, 4.69) is 19.9 Å². The standard InChI is InChI=1S/C28H32N2O4S/c1-4-5-13-29(28(32)23-9-6-20(2)7-10-23)18-27(31)30(17-26-21(3)12-14-35-26)16-22-8-11-24-25(15-22)34-19-33-24/h6-12,14-15H,4-5,13,16-19H2,1-3H3. The molecule has 3 aromatic rings. The number of benzene rings is 2. The average Bonchev–Trinajstić information content (AvgIpc) is 3.49. The molecule has 0 unspecified atom stereocenters. The number of fused-ring (bicyclic) bond motifs is 1. The predicted octanol–water partition coefficient (Wildman–Crippen LogP) is 5.56. The number of nitrogens with zero attached hydrogens (tertiary/aromatic N) is 2. The zero-order valence-electron chi connectivity index (χ0n) is 20.6. The first-order valence-corrected chi connectivity index (χ1v) is 12.9. The lowest BCUT2D eigenvalue weighted by Crippen LogP contribution is -2.43. The minimum Gasteiger partial charge on any atom is -0.454 e. The summed E-state index contributed by atoms with van der Waals surface area (Å²) in [5, 5.41) is 2.04. The van der Waals surface area contributed by atoms with E-state index in [-0.39, 0.29) is 25.2 Å². The van der Waals surface area contributed by atoms with Crippen LogP contribution in [0.25, 0.3) is 0 Å². The topological polar surface area (TPSA) is 59.1 Å². The monoisotopic (exact) mass is 492 g/mol. The molecule has 0 saturated heterocycles. The minimum absolute atomic E-state index is 0.0433. The second-order valence-electron chi connectivity index (χ2n) is 8.91. The molecule has 1 aromatic heterocycles. The molecule has 0 saturated carbocycles. The van der Waals surface area contributed by atoms with Gasteiger partial charge in [0.2, 0.25) is 12.7 Å². The summed E-state index contributed by atoms with van der Waals surface area (Å²) in [5.74, 6) is 1.23. The summed E-state index contributed by atoms with van der Waals surface area (Å²) in [5.41, 5.74) is 3.83. The average molecular weight is 493 g/mol. The van der Waals surface area contributed by atoms with Crippen LogP contribution in [-0.4, -0.2) is 41.5 Å². The summed E-state index contributed by atoms with van der Waals surface area (Å²) >= 11 is 1.64. The minimum atomic E-state index is -0.109. The molecule has 0 fully saturated rings. The summed E-state index contributed by atoms with van der Waals surface area (Å²) in [6.45, 7) is 7.86. The Balaban J connectivity index is 1.55. The Kier molecular flexibility index (Phi) is 8.08. The van der Waals surface area contributed by atoms with E-state index in [9.17, 15) is 9.59 Å². The van der Waals surface area contributed by atoms with Gasteiger partial charge in [0.1, 0.15) is 6.54 Å². The summed E-state index contributed by atoms with van der Waals surface area (Å²) in [7, 11) is 0. The van der Waals surface area contributed by atoms with Crippen LogP contribution in [0.15, 0.2) is 53.9 Å². The maximum absolute atomic E-state index is 13.7. The number of aryl methyl sites for hydroxylation is 2. The van der Waals surface area contributed by atoms with Crippen molar-refractivity contribution in [2.45, 2.75) is 46.7 Å². The molecule has 7 heteroatoms. The Morgan fingerprint density at radius 3 is 2.43 bits per heavy atom. The van der Waals surface area contributed by atoms with Gasteiger partial charge in [-0.1, -0.05) is 37.1 Å². The van der Waals surface area contributed by atoms with Crippen LogP contribution in [-0.2, 0) is 17.9 Å². The number of carbonyl (C=O) groups excluding carboxylic acids is 2. The number of ether oxygens (including phenoxy) is 2. The third kappa shape index (κ3) is 6.22. The van der Waals surface area contributed by atoms with Crippen molar-refractivity contribution in [3.63, 3.8) is 0 Å². The molecule has 0 spiro atoms. The lowest BCUT2D eigenvalue weighted by Gasteiger charge is -2.28. The summed E-state index contributed by atoms with van der Waals surface area (Å²) < 4.78 is 11.0. The number of hydrogen-bond acceptors (Lipinski definition) is 5. The quantitative estimate of drug-likeness (QED) is 0.372. The van der Waals surface area contributed by atoms with Gasteiger partial charge < -0.3 is 19.3 Å². The second kappa shape index (κ2) is 11.4. The number of thiophene rings is 1. The van der Waals surface area contributed by atoms with Crippen LogP contribution < -0.4 is 9.47 Å². The molecule has 2 aromatic carbocycles. The molecule has 0 bridgehead atoms. The number of rotatable bonds is 10. The maximum atomic E-state index is 13.7. The van der Waals surface area contributed by atoms with E-state index >= 15 is 0 Å². The Bertz CT molecular complexity index is 1170. The molecular formula is C28H32N2O4S. The van der Waals surface area contributed by atoms with Crippen LogP contribution in [0.1, 0.15) is 51.7 Å². The summed E-state index contributed by atoms with van der Waals surface area (Å²) in [6.07, 6.45) is 1.79. The number of hydrogen-bond donors (Lipinski definition) is 0. The molecule has 2 amide bonds. The Morgan fingerprint density at radius 2 is 1.71 bits per heavy atom. The summed E-state index contributed by atoms with van der Waals surface area (Å²) in [6, 6.07) is 15.4. The van der Waals surface area contributed by atoms with Gasteiger partial charge in [-0.05, 0) is 67.1 Å². The Labute approximate surface area is 211 Å². The molecule has 0 aliphatic carbocycles. The van der Waals surface area contributed by atoms with Crippen LogP contribution in [0.5, 0.6) is 11.5 Å². The second-order valence-corrected chi connectivity index (χ2v) is 9.91. The molecule has 0 radical (unpaired) electrons. The SMILES string of the molecule is CCCCN(CC(=O)N(Cc1ccc2c(c1)OCO2)Cc1sccc1C)C(=O)c1ccc(C)cc1. The number of amides is 2. The fourth-order valence-electron chi connectivity index (χ4n) is 3.97. The molecule has 4 rings (SSSR count). The molecule has 0 N–H and O–H groups in total. The third-order valence-electron chi connectivity index (χ3n) is 6.16. The van der Waals surface area contributed by atoms with Gasteiger partial charge in [0.25, 0.3) is 5.91 Å². The molecular weight excluding hydrogens is 460 g/mol. The smallest absolute Gasteiger partial charge is 0.254 e. The van der Waals surface area contributed by atoms with Gasteiger partial charge in [0, 0.05) is 23.5 Å². The zero-order chi connectivity index (χ0) is 24.8. The van der Waals surface area contributed by atoms with Gasteiger partial charge in [0.05, 0.1) is 6.54 Å². The van der Waals surface area contributed by atoms with Crippen molar-refractivity contribution >= 4 is 23.2 Å². The number of carbonyl (C=O) groups is 2. The van der Waals surface area contributed by atoms with Gasteiger partial charge in [-0.2, -0.15) is 0 Å². The van der Waals surface area contributed by atoms with E-state index in [4.69, 9.17) is 9.47 Å². The first-order valence-electron chi connectivity index (χ1n) is 12.0. The van der Waals surface area contributed by atoms with E-state index in [0.29, 0.717) is 30.9 Å². The molecule has 1 aliphatic heterocycles. The van der Waals surface area contributed by atoms with E-state index in [1.165, 1.54) is 0 Å². The van der Waals surface area contributed by atoms with Crippen molar-refractivity contribution in [2.75, 3.05) is 19.9 Å². The van der Waals surface area contributed by atoms with Gasteiger partial charge in [0.15, 0.2) is 11.5 Å². The van der Waals surface area contributed by atoms with Crippen molar-refractivity contribution in [3.05, 3.63) is 81.0 Å². The van der Waals surface area contributed by atoms with Gasteiger partial charge in [-0.25, -0.2) is 0 Å². The highest BCUT2D eigenvalue weighted by Gasteiger charge is 2.24. The molecule has 0 atom stereocenters. The molecule has 1 aliphatic rings. The van der Waals surface area contributed by atoms with Gasteiger partial charge >= 0.3 is 0 Å². The normalized spacial score (nSPS) is 12.0. The molecule has 6 nitrogen and oxygen atoms in total. The molecule has 184 valence electrons. The summed E-state index contributed by atoms with van der Waals surface area (Å²) in [4.78, 5) is 31.6. The van der Waals surface area contributed by atoms with Crippen LogP contribution in [0, 0.1) is 13.8 Å². The Hall–Kier alpha value is -3.32.